The zero-order valence-corrected chi connectivity index (χ0v) is 9.57. The van der Waals surface area contributed by atoms with Crippen LogP contribution in [0.25, 0.3) is 10.9 Å². The first kappa shape index (κ1) is 10.4. The van der Waals surface area contributed by atoms with E-state index in [1.165, 1.54) is 10.9 Å². The van der Waals surface area contributed by atoms with Crippen LogP contribution in [0.2, 0.25) is 0 Å². The van der Waals surface area contributed by atoms with Crippen LogP contribution in [-0.4, -0.2) is 16.1 Å². The van der Waals surface area contributed by atoms with Crippen LogP contribution in [0, 0.1) is 0 Å². The van der Waals surface area contributed by atoms with Gasteiger partial charge in [-0.2, -0.15) is 0 Å². The summed E-state index contributed by atoms with van der Waals surface area (Å²) < 4.78 is 0. The summed E-state index contributed by atoms with van der Waals surface area (Å²) in [4.78, 5) is 14.3. The van der Waals surface area contributed by atoms with E-state index < -0.39 is 5.97 Å². The summed E-state index contributed by atoms with van der Waals surface area (Å²) in [6, 6.07) is 8.23. The number of benzene rings is 1. The Morgan fingerprint density at radius 3 is 3.06 bits per heavy atom. The molecule has 3 rings (SSSR count). The molecule has 0 amide bonds. The van der Waals surface area contributed by atoms with Crippen molar-refractivity contribution >= 4 is 16.9 Å². The Morgan fingerprint density at radius 1 is 1.41 bits per heavy atom. The van der Waals surface area contributed by atoms with Crippen molar-refractivity contribution in [2.24, 2.45) is 0 Å². The molecule has 0 spiro atoms. The van der Waals surface area contributed by atoms with Crippen molar-refractivity contribution in [2.75, 3.05) is 0 Å². The normalized spacial score (nSPS) is 19.2. The Balaban J connectivity index is 2.10. The Morgan fingerprint density at radius 2 is 2.24 bits per heavy atom. The second-order valence-corrected chi connectivity index (χ2v) is 4.75. The maximum atomic E-state index is 10.9. The number of aromatic nitrogens is 1. The smallest absolute Gasteiger partial charge is 0.304 e. The van der Waals surface area contributed by atoms with Crippen LogP contribution in [0.5, 0.6) is 0 Å². The van der Waals surface area contributed by atoms with E-state index in [0.717, 1.165) is 30.5 Å². The molecule has 3 nitrogen and oxygen atoms in total. The largest absolute Gasteiger partial charge is 0.481 e. The predicted octanol–water partition coefficient (Wildman–Crippen LogP) is 3.06. The molecule has 1 aromatic heterocycles. The summed E-state index contributed by atoms with van der Waals surface area (Å²) in [5, 5.41) is 10.2. The highest BCUT2D eigenvalue weighted by atomic mass is 16.4. The first-order valence-corrected chi connectivity index (χ1v) is 6.07. The molecule has 1 unspecified atom stereocenters. The molecular weight excluding hydrogens is 214 g/mol. The molecule has 88 valence electrons. The molecule has 17 heavy (non-hydrogen) atoms. The van der Waals surface area contributed by atoms with Crippen LogP contribution in [0.1, 0.15) is 36.4 Å². The predicted molar refractivity (Wildman–Crippen MR) is 66.2 cm³/mol. The molecule has 0 saturated carbocycles. The number of hydrogen-bond donors (Lipinski definition) is 2. The number of rotatable bonds is 2. The van der Waals surface area contributed by atoms with Gasteiger partial charge in [-0.1, -0.05) is 18.2 Å². The minimum absolute atomic E-state index is 0.156. The highest BCUT2D eigenvalue weighted by Crippen LogP contribution is 2.37. The Labute approximate surface area is 99.5 Å². The van der Waals surface area contributed by atoms with Crippen LogP contribution in [-0.2, 0) is 11.2 Å². The number of hydrogen-bond acceptors (Lipinski definition) is 1. The van der Waals surface area contributed by atoms with E-state index in [-0.39, 0.29) is 12.3 Å². The van der Waals surface area contributed by atoms with Gasteiger partial charge in [0.15, 0.2) is 0 Å². The maximum Gasteiger partial charge on any atom is 0.304 e. The minimum Gasteiger partial charge on any atom is -0.481 e. The van der Waals surface area contributed by atoms with Crippen molar-refractivity contribution in [3.05, 3.63) is 35.5 Å². The molecule has 1 aliphatic rings. The third-order valence-electron chi connectivity index (χ3n) is 3.66. The lowest BCUT2D eigenvalue weighted by molar-refractivity contribution is -0.137. The number of para-hydroxylation sites is 1. The molecule has 1 heterocycles. The number of carbonyl (C=O) groups is 1. The molecule has 0 fully saturated rings. The molecule has 2 N–H and O–H groups in total. The summed E-state index contributed by atoms with van der Waals surface area (Å²) in [5.74, 6) is -0.551. The van der Waals surface area contributed by atoms with Crippen molar-refractivity contribution in [3.8, 4) is 0 Å². The van der Waals surface area contributed by atoms with E-state index >= 15 is 0 Å². The Bertz CT molecular complexity index is 571. The zero-order chi connectivity index (χ0) is 11.8. The SMILES string of the molecule is O=C(O)CC1CCCc2c1[nH]c1ccccc21. The van der Waals surface area contributed by atoms with E-state index in [1.54, 1.807) is 0 Å². The Hall–Kier alpha value is -1.77. The van der Waals surface area contributed by atoms with Crippen molar-refractivity contribution < 1.29 is 9.90 Å². The first-order chi connectivity index (χ1) is 8.25. The lowest BCUT2D eigenvalue weighted by Gasteiger charge is -2.20. The van der Waals surface area contributed by atoms with Crippen molar-refractivity contribution in [3.63, 3.8) is 0 Å². The van der Waals surface area contributed by atoms with E-state index in [2.05, 4.69) is 17.1 Å². The van der Waals surface area contributed by atoms with Gasteiger partial charge in [0.05, 0.1) is 6.42 Å². The topological polar surface area (TPSA) is 53.1 Å². The average molecular weight is 229 g/mol. The minimum atomic E-state index is -0.707. The monoisotopic (exact) mass is 229 g/mol. The van der Waals surface area contributed by atoms with Gasteiger partial charge in [0.1, 0.15) is 0 Å². The van der Waals surface area contributed by atoms with Gasteiger partial charge in [-0.3, -0.25) is 4.79 Å². The fraction of sp³-hybridized carbons (Fsp3) is 0.357. The van der Waals surface area contributed by atoms with E-state index in [1.807, 2.05) is 12.1 Å². The molecule has 2 aromatic rings. The molecule has 0 radical (unpaired) electrons. The Kier molecular flexibility index (Phi) is 2.39. The summed E-state index contributed by atoms with van der Waals surface area (Å²) in [7, 11) is 0. The van der Waals surface area contributed by atoms with Crippen LogP contribution in [0.3, 0.4) is 0 Å². The molecule has 1 aliphatic carbocycles. The van der Waals surface area contributed by atoms with Gasteiger partial charge in [-0.25, -0.2) is 0 Å². The van der Waals surface area contributed by atoms with Crippen molar-refractivity contribution in [1.29, 1.82) is 0 Å². The standard InChI is InChI=1S/C14H15NO2/c16-13(17)8-9-4-3-6-11-10-5-1-2-7-12(10)15-14(9)11/h1-2,5,7,9,15H,3-4,6,8H2,(H,16,17). The summed E-state index contributed by atoms with van der Waals surface area (Å²) in [6.07, 6.45) is 3.37. The lowest BCUT2D eigenvalue weighted by atomic mass is 9.85. The third-order valence-corrected chi connectivity index (χ3v) is 3.66. The zero-order valence-electron chi connectivity index (χ0n) is 9.57. The molecule has 1 atom stereocenters. The van der Waals surface area contributed by atoms with Crippen molar-refractivity contribution in [2.45, 2.75) is 31.6 Å². The van der Waals surface area contributed by atoms with Gasteiger partial charge >= 0.3 is 5.97 Å². The fourth-order valence-electron chi connectivity index (χ4n) is 2.92. The average Bonchev–Trinajstić information content (AvgIpc) is 2.68. The second kappa shape index (κ2) is 3.91. The number of carboxylic acids is 1. The van der Waals surface area contributed by atoms with Crippen LogP contribution >= 0.6 is 0 Å². The van der Waals surface area contributed by atoms with Gasteiger partial charge in [0.25, 0.3) is 0 Å². The molecule has 0 bridgehead atoms. The van der Waals surface area contributed by atoms with Gasteiger partial charge in [-0.05, 0) is 30.9 Å². The maximum absolute atomic E-state index is 10.9. The number of nitrogens with one attached hydrogen (secondary N) is 1. The van der Waals surface area contributed by atoms with Crippen LogP contribution in [0.15, 0.2) is 24.3 Å². The van der Waals surface area contributed by atoms with Gasteiger partial charge in [-0.15, -0.1) is 0 Å². The summed E-state index contributed by atoms with van der Waals surface area (Å²) >= 11 is 0. The molecule has 0 saturated heterocycles. The molecule has 0 aliphatic heterocycles. The molecule has 1 aromatic carbocycles. The van der Waals surface area contributed by atoms with E-state index in [4.69, 9.17) is 5.11 Å². The van der Waals surface area contributed by atoms with Crippen LogP contribution < -0.4 is 0 Å². The number of aryl methyl sites for hydroxylation is 1. The van der Waals surface area contributed by atoms with Gasteiger partial charge in [0, 0.05) is 22.5 Å². The molecular formula is C14H15NO2. The van der Waals surface area contributed by atoms with E-state index in [0.29, 0.717) is 0 Å². The number of carboxylic acid groups (broad SMARTS) is 1. The fourth-order valence-corrected chi connectivity index (χ4v) is 2.92. The highest BCUT2D eigenvalue weighted by Gasteiger charge is 2.25. The second-order valence-electron chi connectivity index (χ2n) is 4.75. The quantitative estimate of drug-likeness (QED) is 0.831. The first-order valence-electron chi connectivity index (χ1n) is 6.07. The lowest BCUT2D eigenvalue weighted by Crippen LogP contribution is -2.13. The number of aliphatic carboxylic acids is 1. The summed E-state index contributed by atoms with van der Waals surface area (Å²) in [6.45, 7) is 0. The third kappa shape index (κ3) is 1.71. The van der Waals surface area contributed by atoms with Crippen LogP contribution in [0.4, 0.5) is 0 Å². The van der Waals surface area contributed by atoms with E-state index in [9.17, 15) is 4.79 Å². The number of fused-ring (bicyclic) bond motifs is 3. The number of aromatic amines is 1. The summed E-state index contributed by atoms with van der Waals surface area (Å²) in [5.41, 5.74) is 3.62. The van der Waals surface area contributed by atoms with Gasteiger partial charge in [0.2, 0.25) is 0 Å². The van der Waals surface area contributed by atoms with Crippen molar-refractivity contribution in [1.82, 2.24) is 4.98 Å². The highest BCUT2D eigenvalue weighted by molar-refractivity contribution is 5.85. The number of H-pyrrole nitrogens is 1. The molecule has 3 heteroatoms. The van der Waals surface area contributed by atoms with Gasteiger partial charge < -0.3 is 10.1 Å².